The summed E-state index contributed by atoms with van der Waals surface area (Å²) in [5.74, 6) is 2.02. The van der Waals surface area contributed by atoms with Crippen LogP contribution in [0.3, 0.4) is 0 Å². The first-order chi connectivity index (χ1) is 12.5. The number of methoxy groups -OCH3 is 4. The normalized spacial score (nSPS) is 16.2. The van der Waals surface area contributed by atoms with Crippen LogP contribution in [0.5, 0.6) is 23.0 Å². The first kappa shape index (κ1) is 17.7. The highest BCUT2D eigenvalue weighted by Crippen LogP contribution is 2.48. The molecule has 6 nitrogen and oxygen atoms in total. The van der Waals surface area contributed by atoms with Gasteiger partial charge < -0.3 is 18.9 Å². The first-order valence-electron chi connectivity index (χ1n) is 8.02. The van der Waals surface area contributed by atoms with Crippen LogP contribution in [0.4, 0.5) is 5.69 Å². The van der Waals surface area contributed by atoms with Gasteiger partial charge in [0.05, 0.1) is 40.2 Å². The van der Waals surface area contributed by atoms with Gasteiger partial charge in [0.25, 0.3) is 5.91 Å². The van der Waals surface area contributed by atoms with Crippen molar-refractivity contribution in [3.63, 3.8) is 0 Å². The Morgan fingerprint density at radius 1 is 0.923 bits per heavy atom. The third-order valence-electron chi connectivity index (χ3n) is 4.42. The highest BCUT2D eigenvalue weighted by molar-refractivity contribution is 6.15. The van der Waals surface area contributed by atoms with E-state index in [0.29, 0.717) is 28.5 Å². The van der Waals surface area contributed by atoms with Crippen LogP contribution in [-0.4, -0.2) is 34.3 Å². The summed E-state index contributed by atoms with van der Waals surface area (Å²) in [5.41, 5.74) is 2.08. The van der Waals surface area contributed by atoms with Crippen molar-refractivity contribution in [3.05, 3.63) is 54.1 Å². The number of β-lactam (4-membered cyclic amide) rings is 1. The second-order valence-electron chi connectivity index (χ2n) is 5.76. The van der Waals surface area contributed by atoms with Gasteiger partial charge >= 0.3 is 0 Å². The summed E-state index contributed by atoms with van der Waals surface area (Å²) in [6.07, 6.45) is 0. The van der Waals surface area contributed by atoms with E-state index in [4.69, 9.17) is 18.9 Å². The molecular formula is C20H21NO5. The van der Waals surface area contributed by atoms with Gasteiger partial charge in [0.1, 0.15) is 5.75 Å². The Hall–Kier alpha value is -3.15. The van der Waals surface area contributed by atoms with Crippen LogP contribution in [0.25, 0.3) is 0 Å². The number of nitrogens with zero attached hydrogens (tertiary/aromatic N) is 1. The Kier molecular flexibility index (Phi) is 4.75. The maximum atomic E-state index is 12.5. The second kappa shape index (κ2) is 7.00. The van der Waals surface area contributed by atoms with Crippen molar-refractivity contribution >= 4 is 11.6 Å². The molecule has 0 aliphatic carbocycles. The van der Waals surface area contributed by atoms with Gasteiger partial charge in [-0.05, 0) is 17.7 Å². The molecule has 0 bridgehead atoms. The quantitative estimate of drug-likeness (QED) is 0.587. The van der Waals surface area contributed by atoms with Crippen LogP contribution in [0.15, 0.2) is 48.6 Å². The molecule has 0 saturated carbocycles. The lowest BCUT2D eigenvalue weighted by atomic mass is 9.88. The van der Waals surface area contributed by atoms with Gasteiger partial charge in [-0.15, -0.1) is 0 Å². The third kappa shape index (κ3) is 2.73. The number of benzene rings is 2. The average molecular weight is 355 g/mol. The Labute approximate surface area is 152 Å². The fourth-order valence-electron chi connectivity index (χ4n) is 3.11. The van der Waals surface area contributed by atoms with E-state index in [0.717, 1.165) is 11.3 Å². The number of hydrogen-bond donors (Lipinski definition) is 0. The van der Waals surface area contributed by atoms with Gasteiger partial charge in [-0.2, -0.15) is 0 Å². The van der Waals surface area contributed by atoms with Gasteiger partial charge in [0, 0.05) is 17.7 Å². The lowest BCUT2D eigenvalue weighted by Gasteiger charge is -2.42. The zero-order valence-corrected chi connectivity index (χ0v) is 15.2. The highest BCUT2D eigenvalue weighted by Gasteiger charge is 2.43. The Morgan fingerprint density at radius 2 is 1.58 bits per heavy atom. The average Bonchev–Trinajstić information content (AvgIpc) is 2.69. The maximum absolute atomic E-state index is 12.5. The summed E-state index contributed by atoms with van der Waals surface area (Å²) in [5, 5.41) is 0. The minimum absolute atomic E-state index is 0.146. The van der Waals surface area contributed by atoms with Crippen LogP contribution < -0.4 is 23.8 Å². The van der Waals surface area contributed by atoms with Crippen molar-refractivity contribution < 1.29 is 23.7 Å². The fourth-order valence-corrected chi connectivity index (χ4v) is 3.11. The van der Waals surface area contributed by atoms with Crippen molar-refractivity contribution in [1.29, 1.82) is 0 Å². The van der Waals surface area contributed by atoms with E-state index in [1.165, 1.54) is 21.3 Å². The van der Waals surface area contributed by atoms with E-state index in [-0.39, 0.29) is 11.9 Å². The van der Waals surface area contributed by atoms with Crippen molar-refractivity contribution in [1.82, 2.24) is 0 Å². The van der Waals surface area contributed by atoms with Crippen LogP contribution in [0, 0.1) is 0 Å². The standard InChI is InChI=1S/C20H21NO5/c1-12-18(13-7-6-8-15(9-13)23-2)21(20(12)22)14-10-16(24-3)19(26-5)17(11-14)25-4/h6-11,18H,1H2,2-5H3/t18-/m1/s1. The van der Waals surface area contributed by atoms with Gasteiger partial charge in [0.15, 0.2) is 11.5 Å². The van der Waals surface area contributed by atoms with Crippen molar-refractivity contribution in [3.8, 4) is 23.0 Å². The SMILES string of the molecule is C=C1C(=O)N(c2cc(OC)c(OC)c(OC)c2)[C@H]1c1cccc(OC)c1. The summed E-state index contributed by atoms with van der Waals surface area (Å²) < 4.78 is 21.4. The molecule has 1 fully saturated rings. The van der Waals surface area contributed by atoms with E-state index >= 15 is 0 Å². The number of ether oxygens (including phenoxy) is 4. The van der Waals surface area contributed by atoms with Crippen LogP contribution in [-0.2, 0) is 4.79 Å². The molecule has 2 aromatic rings. The predicted octanol–water partition coefficient (Wildman–Crippen LogP) is 3.37. The fraction of sp³-hybridized carbons (Fsp3) is 0.250. The highest BCUT2D eigenvalue weighted by atomic mass is 16.5. The van der Waals surface area contributed by atoms with E-state index in [1.807, 2.05) is 24.3 Å². The summed E-state index contributed by atoms with van der Waals surface area (Å²) in [6, 6.07) is 10.8. The molecule has 1 amide bonds. The molecule has 1 atom stereocenters. The zero-order chi connectivity index (χ0) is 18.8. The molecule has 136 valence electrons. The van der Waals surface area contributed by atoms with Gasteiger partial charge in [0.2, 0.25) is 5.75 Å². The topological polar surface area (TPSA) is 57.2 Å². The van der Waals surface area contributed by atoms with Gasteiger partial charge in [-0.3, -0.25) is 9.69 Å². The summed E-state index contributed by atoms with van der Waals surface area (Å²) in [6.45, 7) is 3.93. The van der Waals surface area contributed by atoms with Crippen molar-refractivity contribution in [2.75, 3.05) is 33.3 Å². The van der Waals surface area contributed by atoms with Crippen molar-refractivity contribution in [2.24, 2.45) is 0 Å². The summed E-state index contributed by atoms with van der Waals surface area (Å²) in [7, 11) is 6.22. The Bertz CT molecular complexity index is 836. The molecule has 1 saturated heterocycles. The molecule has 0 radical (unpaired) electrons. The monoisotopic (exact) mass is 355 g/mol. The largest absolute Gasteiger partial charge is 0.497 e. The minimum Gasteiger partial charge on any atom is -0.497 e. The molecule has 0 N–H and O–H groups in total. The van der Waals surface area contributed by atoms with E-state index in [1.54, 1.807) is 24.1 Å². The van der Waals surface area contributed by atoms with E-state index < -0.39 is 0 Å². The maximum Gasteiger partial charge on any atom is 0.256 e. The minimum atomic E-state index is -0.277. The predicted molar refractivity (Wildman–Crippen MR) is 98.5 cm³/mol. The molecule has 1 heterocycles. The molecule has 0 spiro atoms. The van der Waals surface area contributed by atoms with Crippen molar-refractivity contribution in [2.45, 2.75) is 6.04 Å². The summed E-state index contributed by atoms with van der Waals surface area (Å²) in [4.78, 5) is 14.2. The molecule has 2 aromatic carbocycles. The van der Waals surface area contributed by atoms with Crippen LogP contribution in [0.2, 0.25) is 0 Å². The number of hydrogen-bond acceptors (Lipinski definition) is 5. The number of rotatable bonds is 6. The molecule has 0 aromatic heterocycles. The smallest absolute Gasteiger partial charge is 0.256 e. The molecule has 6 heteroatoms. The number of amides is 1. The number of carbonyl (C=O) groups is 1. The summed E-state index contributed by atoms with van der Waals surface area (Å²) >= 11 is 0. The molecule has 1 aliphatic heterocycles. The van der Waals surface area contributed by atoms with Crippen LogP contribution in [0.1, 0.15) is 11.6 Å². The third-order valence-corrected chi connectivity index (χ3v) is 4.42. The lowest BCUT2D eigenvalue weighted by Crippen LogP contribution is -2.48. The first-order valence-corrected chi connectivity index (χ1v) is 8.02. The van der Waals surface area contributed by atoms with E-state index in [2.05, 4.69) is 6.58 Å². The zero-order valence-electron chi connectivity index (χ0n) is 15.2. The Balaban J connectivity index is 2.06. The second-order valence-corrected chi connectivity index (χ2v) is 5.76. The molecule has 0 unspecified atom stereocenters. The van der Waals surface area contributed by atoms with Gasteiger partial charge in [-0.1, -0.05) is 18.7 Å². The molecular weight excluding hydrogens is 334 g/mol. The molecule has 1 aliphatic rings. The van der Waals surface area contributed by atoms with E-state index in [9.17, 15) is 4.79 Å². The Morgan fingerprint density at radius 3 is 2.12 bits per heavy atom. The van der Waals surface area contributed by atoms with Gasteiger partial charge in [-0.25, -0.2) is 0 Å². The van der Waals surface area contributed by atoms with Crippen LogP contribution >= 0.6 is 0 Å². The lowest BCUT2D eigenvalue weighted by molar-refractivity contribution is -0.118. The number of anilines is 1. The molecule has 3 rings (SSSR count). The molecule has 26 heavy (non-hydrogen) atoms. The number of carbonyl (C=O) groups excluding carboxylic acids is 1.